The molecule has 3 aliphatic rings. The number of hydrogen-bond donors (Lipinski definition) is 0. The highest BCUT2D eigenvalue weighted by molar-refractivity contribution is 7.88. The number of piperidine rings is 2. The van der Waals surface area contributed by atoms with Gasteiger partial charge >= 0.3 is 0 Å². The molecule has 3 aliphatic heterocycles. The van der Waals surface area contributed by atoms with E-state index in [-0.39, 0.29) is 29.6 Å². The molecule has 1 aromatic rings. The second-order valence-corrected chi connectivity index (χ2v) is 10.9. The number of aryl methyl sites for hydroxylation is 1. The largest absolute Gasteiger partial charge is 0.489 e. The van der Waals surface area contributed by atoms with Crippen LogP contribution in [0.5, 0.6) is 5.75 Å². The van der Waals surface area contributed by atoms with Crippen LogP contribution < -0.4 is 4.74 Å². The summed E-state index contributed by atoms with van der Waals surface area (Å²) in [6, 6.07) is 5.74. The van der Waals surface area contributed by atoms with Crippen LogP contribution in [-0.2, 0) is 14.8 Å². The molecule has 1 amide bonds. The summed E-state index contributed by atoms with van der Waals surface area (Å²) in [5.41, 5.74) is 1.73. The van der Waals surface area contributed by atoms with E-state index in [4.69, 9.17) is 4.74 Å². The zero-order valence-corrected chi connectivity index (χ0v) is 18.5. The van der Waals surface area contributed by atoms with Crippen molar-refractivity contribution in [2.75, 3.05) is 32.4 Å². The lowest BCUT2D eigenvalue weighted by Gasteiger charge is -2.39. The lowest BCUT2D eigenvalue weighted by atomic mass is 9.85. The maximum atomic E-state index is 12.9. The fourth-order valence-electron chi connectivity index (χ4n) is 4.91. The summed E-state index contributed by atoms with van der Waals surface area (Å²) in [7, 11) is -3.18. The molecule has 1 aromatic carbocycles. The summed E-state index contributed by atoms with van der Waals surface area (Å²) in [5, 5.41) is 0. The van der Waals surface area contributed by atoms with E-state index in [2.05, 4.69) is 0 Å². The van der Waals surface area contributed by atoms with Gasteiger partial charge in [0.1, 0.15) is 11.9 Å². The molecular weight excluding hydrogens is 404 g/mol. The fraction of sp³-hybridized carbons (Fsp3) is 0.636. The Morgan fingerprint density at radius 3 is 2.37 bits per heavy atom. The summed E-state index contributed by atoms with van der Waals surface area (Å²) < 4.78 is 30.9. The van der Waals surface area contributed by atoms with Crippen molar-refractivity contribution in [2.45, 2.75) is 45.1 Å². The van der Waals surface area contributed by atoms with E-state index in [1.807, 2.05) is 30.0 Å². The monoisotopic (exact) mass is 434 g/mol. The van der Waals surface area contributed by atoms with Crippen molar-refractivity contribution in [1.82, 2.24) is 9.21 Å². The highest BCUT2D eigenvalue weighted by Crippen LogP contribution is 2.35. The Hall–Kier alpha value is -1.93. The van der Waals surface area contributed by atoms with Crippen LogP contribution in [0, 0.1) is 18.8 Å². The van der Waals surface area contributed by atoms with Gasteiger partial charge in [-0.25, -0.2) is 12.7 Å². The molecule has 1 unspecified atom stereocenters. The Morgan fingerprint density at radius 2 is 1.73 bits per heavy atom. The van der Waals surface area contributed by atoms with Crippen LogP contribution in [0.2, 0.25) is 0 Å². The molecule has 0 spiro atoms. The van der Waals surface area contributed by atoms with E-state index in [1.54, 1.807) is 0 Å². The van der Waals surface area contributed by atoms with Crippen LogP contribution in [0.3, 0.4) is 0 Å². The predicted molar refractivity (Wildman–Crippen MR) is 113 cm³/mol. The molecule has 164 valence electrons. The number of nitrogens with zero attached hydrogens (tertiary/aromatic N) is 2. The van der Waals surface area contributed by atoms with E-state index < -0.39 is 10.0 Å². The van der Waals surface area contributed by atoms with Crippen molar-refractivity contribution < 1.29 is 22.7 Å². The van der Waals surface area contributed by atoms with E-state index >= 15 is 0 Å². The number of carbonyl (C=O) groups is 2. The van der Waals surface area contributed by atoms with E-state index in [9.17, 15) is 18.0 Å². The number of Topliss-reactive ketones (excluding diaryl/α,β-unsaturated/α-hetero) is 1. The van der Waals surface area contributed by atoms with Gasteiger partial charge in [0.15, 0.2) is 5.78 Å². The predicted octanol–water partition coefficient (Wildman–Crippen LogP) is 2.24. The maximum Gasteiger partial charge on any atom is 0.225 e. The normalized spacial score (nSPS) is 24.4. The minimum atomic E-state index is -3.18. The zero-order valence-electron chi connectivity index (χ0n) is 17.7. The minimum absolute atomic E-state index is 0.0952. The maximum absolute atomic E-state index is 12.9. The van der Waals surface area contributed by atoms with Crippen molar-refractivity contribution in [3.8, 4) is 5.75 Å². The summed E-state index contributed by atoms with van der Waals surface area (Å²) in [5.74, 6) is 1.13. The first-order chi connectivity index (χ1) is 14.2. The van der Waals surface area contributed by atoms with E-state index in [0.717, 1.165) is 18.4 Å². The van der Waals surface area contributed by atoms with Gasteiger partial charge in [-0.3, -0.25) is 9.59 Å². The third-order valence-corrected chi connectivity index (χ3v) is 8.05. The summed E-state index contributed by atoms with van der Waals surface area (Å²) in [4.78, 5) is 27.4. The van der Waals surface area contributed by atoms with Crippen molar-refractivity contribution in [1.29, 1.82) is 0 Å². The van der Waals surface area contributed by atoms with Gasteiger partial charge in [-0.2, -0.15) is 0 Å². The third-order valence-electron chi connectivity index (χ3n) is 6.75. The average Bonchev–Trinajstić information content (AvgIpc) is 2.73. The van der Waals surface area contributed by atoms with Crippen molar-refractivity contribution in [2.24, 2.45) is 11.8 Å². The highest BCUT2D eigenvalue weighted by Gasteiger charge is 2.37. The molecule has 2 saturated heterocycles. The average molecular weight is 435 g/mol. The molecule has 0 aromatic heterocycles. The molecule has 0 saturated carbocycles. The Balaban J connectivity index is 1.31. The number of rotatable bonds is 3. The van der Waals surface area contributed by atoms with Gasteiger partial charge < -0.3 is 9.64 Å². The topological polar surface area (TPSA) is 84.0 Å². The smallest absolute Gasteiger partial charge is 0.225 e. The highest BCUT2D eigenvalue weighted by atomic mass is 32.2. The minimum Gasteiger partial charge on any atom is -0.489 e. The lowest BCUT2D eigenvalue weighted by Crippen LogP contribution is -2.48. The van der Waals surface area contributed by atoms with Gasteiger partial charge in [0.05, 0.1) is 11.8 Å². The number of likely N-dealkylation sites (tertiary alicyclic amines) is 1. The standard InChI is InChI=1S/C22H30N2O5S/c1-15-3-4-20-18(13-15)19(25)14-21(29-20)16-5-9-23(10-6-16)22(26)17-7-11-24(12-8-17)30(2,27)28/h3-4,13,16-17,21H,5-12,14H2,1-2H3. The SMILES string of the molecule is Cc1ccc2c(c1)C(=O)CC(C1CCN(C(=O)C3CCN(S(C)(=O)=O)CC3)CC1)O2. The first-order valence-corrected chi connectivity index (χ1v) is 12.6. The van der Waals surface area contributed by atoms with Crippen molar-refractivity contribution in [3.05, 3.63) is 29.3 Å². The Kier molecular flexibility index (Phi) is 5.90. The lowest BCUT2D eigenvalue weighted by molar-refractivity contribution is -0.138. The number of benzene rings is 1. The number of carbonyl (C=O) groups excluding carboxylic acids is 2. The number of ketones is 1. The number of sulfonamides is 1. The molecule has 7 nitrogen and oxygen atoms in total. The second kappa shape index (κ2) is 8.30. The molecule has 4 rings (SSSR count). The molecule has 3 heterocycles. The molecule has 30 heavy (non-hydrogen) atoms. The van der Waals surface area contributed by atoms with E-state index in [0.29, 0.717) is 56.8 Å². The Bertz CT molecular complexity index is 929. The summed E-state index contributed by atoms with van der Waals surface area (Å²) >= 11 is 0. The van der Waals surface area contributed by atoms with Crippen LogP contribution in [0.4, 0.5) is 0 Å². The quantitative estimate of drug-likeness (QED) is 0.729. The van der Waals surface area contributed by atoms with Gasteiger partial charge in [0.2, 0.25) is 15.9 Å². The molecule has 0 aliphatic carbocycles. The second-order valence-electron chi connectivity index (χ2n) is 8.88. The van der Waals surface area contributed by atoms with Crippen LogP contribution >= 0.6 is 0 Å². The van der Waals surface area contributed by atoms with Crippen LogP contribution in [0.1, 0.15) is 48.0 Å². The fourth-order valence-corrected chi connectivity index (χ4v) is 5.78. The van der Waals surface area contributed by atoms with Crippen LogP contribution in [0.15, 0.2) is 18.2 Å². The Labute approximate surface area is 178 Å². The van der Waals surface area contributed by atoms with Gasteiger partial charge in [-0.1, -0.05) is 11.6 Å². The summed E-state index contributed by atoms with van der Waals surface area (Å²) in [6.07, 6.45) is 4.32. The van der Waals surface area contributed by atoms with Crippen LogP contribution in [0.25, 0.3) is 0 Å². The number of ether oxygens (including phenoxy) is 1. The van der Waals surface area contributed by atoms with Crippen molar-refractivity contribution >= 4 is 21.7 Å². The van der Waals surface area contributed by atoms with Gasteiger partial charge in [0.25, 0.3) is 0 Å². The number of hydrogen-bond acceptors (Lipinski definition) is 5. The molecule has 0 bridgehead atoms. The number of amides is 1. The molecule has 0 N–H and O–H groups in total. The van der Waals surface area contributed by atoms with Gasteiger partial charge in [-0.05, 0) is 50.7 Å². The molecule has 8 heteroatoms. The van der Waals surface area contributed by atoms with E-state index in [1.165, 1.54) is 10.6 Å². The third kappa shape index (κ3) is 4.39. The summed E-state index contributed by atoms with van der Waals surface area (Å²) in [6.45, 7) is 4.15. The first-order valence-electron chi connectivity index (χ1n) is 10.8. The number of fused-ring (bicyclic) bond motifs is 1. The molecular formula is C22H30N2O5S. The van der Waals surface area contributed by atoms with Crippen molar-refractivity contribution in [3.63, 3.8) is 0 Å². The Morgan fingerprint density at radius 1 is 1.07 bits per heavy atom. The zero-order chi connectivity index (χ0) is 21.5. The molecule has 2 fully saturated rings. The molecule has 1 atom stereocenters. The first kappa shape index (κ1) is 21.3. The van der Waals surface area contributed by atoms with Gasteiger partial charge in [0, 0.05) is 38.5 Å². The van der Waals surface area contributed by atoms with Gasteiger partial charge in [-0.15, -0.1) is 0 Å². The van der Waals surface area contributed by atoms with Crippen LogP contribution in [-0.4, -0.2) is 67.9 Å². The molecule has 0 radical (unpaired) electrons.